The summed E-state index contributed by atoms with van der Waals surface area (Å²) >= 11 is 0. The molecule has 0 saturated carbocycles. The summed E-state index contributed by atoms with van der Waals surface area (Å²) in [6.45, 7) is 0. The molecular weight excluding hydrogens is 152 g/mol. The molecule has 1 rings (SSSR count). The average molecular weight is 164 g/mol. The molecule has 1 aromatic rings. The van der Waals surface area contributed by atoms with Crippen LogP contribution in [0, 0.1) is 0 Å². The lowest BCUT2D eigenvalue weighted by Gasteiger charge is -2.07. The van der Waals surface area contributed by atoms with Crippen LogP contribution in [-0.2, 0) is 11.2 Å². The number of pyridine rings is 1. The van der Waals surface area contributed by atoms with E-state index in [0.717, 1.165) is 18.3 Å². The Kier molecular flexibility index (Phi) is 3.41. The maximum Gasteiger partial charge on any atom is 0.137 e. The van der Waals surface area contributed by atoms with Gasteiger partial charge in [0.05, 0.1) is 6.04 Å². The van der Waals surface area contributed by atoms with Crippen molar-refractivity contribution in [3.63, 3.8) is 0 Å². The lowest BCUT2D eigenvalue weighted by atomic mass is 10.1. The van der Waals surface area contributed by atoms with E-state index >= 15 is 0 Å². The molecule has 1 aromatic heterocycles. The number of carbonyl (C=O) groups excluding carboxylic acids is 1. The Morgan fingerprint density at radius 2 is 2.25 bits per heavy atom. The maximum atomic E-state index is 10.5. The van der Waals surface area contributed by atoms with Gasteiger partial charge in [0.1, 0.15) is 6.29 Å². The molecule has 0 fully saturated rings. The normalized spacial score (nSPS) is 12.4. The number of hydrogen-bond acceptors (Lipinski definition) is 3. The molecule has 0 saturated heterocycles. The standard InChI is InChI=1S/C9H12N2O/c1-10-9(7-12)6-8-2-4-11-5-3-8/h2-5,7,9-10H,6H2,1H3. The first-order valence-corrected chi connectivity index (χ1v) is 3.88. The second kappa shape index (κ2) is 4.62. The van der Waals surface area contributed by atoms with E-state index in [0.29, 0.717) is 0 Å². The van der Waals surface area contributed by atoms with Gasteiger partial charge in [0, 0.05) is 12.4 Å². The molecule has 1 heterocycles. The van der Waals surface area contributed by atoms with Gasteiger partial charge >= 0.3 is 0 Å². The number of nitrogens with one attached hydrogen (secondary N) is 1. The minimum Gasteiger partial charge on any atom is -0.311 e. The first-order chi connectivity index (χ1) is 5.86. The van der Waals surface area contributed by atoms with Gasteiger partial charge in [-0.25, -0.2) is 0 Å². The summed E-state index contributed by atoms with van der Waals surface area (Å²) in [6, 6.07) is 3.73. The zero-order valence-electron chi connectivity index (χ0n) is 7.03. The van der Waals surface area contributed by atoms with Gasteiger partial charge in [-0.1, -0.05) is 0 Å². The highest BCUT2D eigenvalue weighted by Crippen LogP contribution is 1.99. The molecule has 12 heavy (non-hydrogen) atoms. The van der Waals surface area contributed by atoms with Crippen molar-refractivity contribution >= 4 is 6.29 Å². The predicted octanol–water partition coefficient (Wildman–Crippen LogP) is 0.411. The van der Waals surface area contributed by atoms with Crippen LogP contribution in [-0.4, -0.2) is 24.4 Å². The number of likely N-dealkylation sites (N-methyl/N-ethyl adjacent to an activating group) is 1. The Bertz CT molecular complexity index is 236. The highest BCUT2D eigenvalue weighted by molar-refractivity contribution is 5.58. The molecule has 1 atom stereocenters. The molecule has 0 aliphatic carbocycles. The van der Waals surface area contributed by atoms with Gasteiger partial charge in [0.25, 0.3) is 0 Å². The lowest BCUT2D eigenvalue weighted by molar-refractivity contribution is -0.109. The van der Waals surface area contributed by atoms with E-state index in [9.17, 15) is 4.79 Å². The molecule has 0 spiro atoms. The van der Waals surface area contributed by atoms with Crippen LogP contribution in [0.15, 0.2) is 24.5 Å². The van der Waals surface area contributed by atoms with Gasteiger partial charge in [0.2, 0.25) is 0 Å². The molecule has 0 bridgehead atoms. The van der Waals surface area contributed by atoms with E-state index in [-0.39, 0.29) is 6.04 Å². The van der Waals surface area contributed by atoms with E-state index in [1.165, 1.54) is 0 Å². The van der Waals surface area contributed by atoms with Crippen molar-refractivity contribution < 1.29 is 4.79 Å². The van der Waals surface area contributed by atoms with Gasteiger partial charge in [0.15, 0.2) is 0 Å². The molecule has 0 aliphatic heterocycles. The number of aromatic nitrogens is 1. The van der Waals surface area contributed by atoms with E-state index in [1.807, 2.05) is 12.1 Å². The maximum absolute atomic E-state index is 10.5. The van der Waals surface area contributed by atoms with Crippen molar-refractivity contribution in [1.82, 2.24) is 10.3 Å². The summed E-state index contributed by atoms with van der Waals surface area (Å²) < 4.78 is 0. The van der Waals surface area contributed by atoms with Crippen molar-refractivity contribution in [2.24, 2.45) is 0 Å². The molecule has 0 amide bonds. The first-order valence-electron chi connectivity index (χ1n) is 3.88. The fraction of sp³-hybridized carbons (Fsp3) is 0.333. The summed E-state index contributed by atoms with van der Waals surface area (Å²) in [6.07, 6.45) is 5.10. The third-order valence-electron chi connectivity index (χ3n) is 1.74. The molecule has 3 heteroatoms. The monoisotopic (exact) mass is 164 g/mol. The minimum atomic E-state index is -0.0904. The molecular formula is C9H12N2O. The Morgan fingerprint density at radius 3 is 2.75 bits per heavy atom. The summed E-state index contributed by atoms with van der Waals surface area (Å²) in [5.74, 6) is 0. The molecule has 3 nitrogen and oxygen atoms in total. The largest absolute Gasteiger partial charge is 0.311 e. The van der Waals surface area contributed by atoms with Gasteiger partial charge in [-0.15, -0.1) is 0 Å². The molecule has 0 aliphatic rings. The van der Waals surface area contributed by atoms with Crippen molar-refractivity contribution in [2.75, 3.05) is 7.05 Å². The second-order valence-corrected chi connectivity index (χ2v) is 2.59. The van der Waals surface area contributed by atoms with E-state index in [4.69, 9.17) is 0 Å². The van der Waals surface area contributed by atoms with E-state index in [1.54, 1.807) is 19.4 Å². The van der Waals surface area contributed by atoms with Crippen molar-refractivity contribution in [1.29, 1.82) is 0 Å². The topological polar surface area (TPSA) is 42.0 Å². The molecule has 64 valence electrons. The number of hydrogen-bond donors (Lipinski definition) is 1. The number of rotatable bonds is 4. The quantitative estimate of drug-likeness (QED) is 0.655. The van der Waals surface area contributed by atoms with Crippen LogP contribution in [0.2, 0.25) is 0 Å². The third kappa shape index (κ3) is 2.43. The Hall–Kier alpha value is -1.22. The van der Waals surface area contributed by atoms with Crippen LogP contribution >= 0.6 is 0 Å². The van der Waals surface area contributed by atoms with Crippen LogP contribution in [0.3, 0.4) is 0 Å². The lowest BCUT2D eigenvalue weighted by Crippen LogP contribution is -2.28. The number of nitrogens with zero attached hydrogens (tertiary/aromatic N) is 1. The van der Waals surface area contributed by atoms with Crippen LogP contribution in [0.25, 0.3) is 0 Å². The predicted molar refractivity (Wildman–Crippen MR) is 46.9 cm³/mol. The Balaban J connectivity index is 2.56. The Morgan fingerprint density at radius 1 is 1.58 bits per heavy atom. The summed E-state index contributed by atoms with van der Waals surface area (Å²) in [5, 5.41) is 2.91. The highest BCUT2D eigenvalue weighted by Gasteiger charge is 2.03. The van der Waals surface area contributed by atoms with Gasteiger partial charge in [-0.2, -0.15) is 0 Å². The van der Waals surface area contributed by atoms with Crippen LogP contribution in [0.5, 0.6) is 0 Å². The minimum absolute atomic E-state index is 0.0904. The molecule has 0 aromatic carbocycles. The fourth-order valence-corrected chi connectivity index (χ4v) is 0.991. The van der Waals surface area contributed by atoms with Crippen molar-refractivity contribution in [3.05, 3.63) is 30.1 Å². The number of carbonyl (C=O) groups is 1. The molecule has 0 radical (unpaired) electrons. The van der Waals surface area contributed by atoms with Crippen molar-refractivity contribution in [2.45, 2.75) is 12.5 Å². The molecule has 1 unspecified atom stereocenters. The molecule has 1 N–H and O–H groups in total. The SMILES string of the molecule is CNC(C=O)Cc1ccncc1. The van der Waals surface area contributed by atoms with Crippen LogP contribution in [0.4, 0.5) is 0 Å². The average Bonchev–Trinajstić information content (AvgIpc) is 2.16. The zero-order chi connectivity index (χ0) is 8.81. The summed E-state index contributed by atoms with van der Waals surface area (Å²) in [4.78, 5) is 14.4. The van der Waals surface area contributed by atoms with Crippen molar-refractivity contribution in [3.8, 4) is 0 Å². The second-order valence-electron chi connectivity index (χ2n) is 2.59. The third-order valence-corrected chi connectivity index (χ3v) is 1.74. The van der Waals surface area contributed by atoms with E-state index in [2.05, 4.69) is 10.3 Å². The van der Waals surface area contributed by atoms with Crippen LogP contribution < -0.4 is 5.32 Å². The van der Waals surface area contributed by atoms with Crippen LogP contribution in [0.1, 0.15) is 5.56 Å². The van der Waals surface area contributed by atoms with E-state index < -0.39 is 0 Å². The van der Waals surface area contributed by atoms with Gasteiger partial charge in [-0.05, 0) is 31.2 Å². The Labute approximate surface area is 71.8 Å². The number of aldehydes is 1. The van der Waals surface area contributed by atoms with Gasteiger partial charge < -0.3 is 10.1 Å². The zero-order valence-corrected chi connectivity index (χ0v) is 7.03. The van der Waals surface area contributed by atoms with Gasteiger partial charge in [-0.3, -0.25) is 4.98 Å². The highest BCUT2D eigenvalue weighted by atomic mass is 16.1. The fourth-order valence-electron chi connectivity index (χ4n) is 0.991. The summed E-state index contributed by atoms with van der Waals surface area (Å²) in [5.41, 5.74) is 1.12. The smallest absolute Gasteiger partial charge is 0.137 e. The first kappa shape index (κ1) is 8.87. The summed E-state index contributed by atoms with van der Waals surface area (Å²) in [7, 11) is 1.78.